The van der Waals surface area contributed by atoms with Gasteiger partial charge in [-0.2, -0.15) is 0 Å². The lowest BCUT2D eigenvalue weighted by molar-refractivity contribution is 0.0950. The third kappa shape index (κ3) is 4.06. The van der Waals surface area contributed by atoms with E-state index in [1.807, 2.05) is 48.3 Å². The normalized spacial score (nSPS) is 11.9. The summed E-state index contributed by atoms with van der Waals surface area (Å²) in [6, 6.07) is 19.3. The number of pyridine rings is 1. The van der Waals surface area contributed by atoms with E-state index in [2.05, 4.69) is 22.4 Å². The number of aromatic nitrogens is 1. The van der Waals surface area contributed by atoms with Crippen LogP contribution in [0.4, 0.5) is 5.82 Å². The maximum Gasteiger partial charge on any atom is 0.251 e. The number of amides is 1. The zero-order valence-corrected chi connectivity index (χ0v) is 15.6. The minimum atomic E-state index is -0.144. The van der Waals surface area contributed by atoms with Gasteiger partial charge < -0.3 is 19.7 Å². The maximum absolute atomic E-state index is 12.6. The molecular formula is C22H21N3O3. The first-order valence-corrected chi connectivity index (χ1v) is 9.07. The third-order valence-electron chi connectivity index (χ3n) is 4.55. The summed E-state index contributed by atoms with van der Waals surface area (Å²) in [5.74, 6) is 2.05. The number of carbonyl (C=O) groups excluding carboxylic acids is 1. The van der Waals surface area contributed by atoms with Gasteiger partial charge in [-0.1, -0.05) is 36.4 Å². The maximum atomic E-state index is 12.6. The summed E-state index contributed by atoms with van der Waals surface area (Å²) < 4.78 is 10.7. The fourth-order valence-electron chi connectivity index (χ4n) is 3.04. The van der Waals surface area contributed by atoms with Gasteiger partial charge >= 0.3 is 0 Å². The van der Waals surface area contributed by atoms with E-state index in [1.165, 1.54) is 5.56 Å². The molecule has 0 saturated heterocycles. The van der Waals surface area contributed by atoms with Crippen molar-refractivity contribution >= 4 is 11.7 Å². The Bertz CT molecular complexity index is 976. The second-order valence-electron chi connectivity index (χ2n) is 6.61. The molecule has 1 N–H and O–H groups in total. The molecule has 1 aliphatic heterocycles. The van der Waals surface area contributed by atoms with Crippen molar-refractivity contribution in [1.82, 2.24) is 10.3 Å². The minimum absolute atomic E-state index is 0.144. The first-order valence-electron chi connectivity index (χ1n) is 9.07. The summed E-state index contributed by atoms with van der Waals surface area (Å²) >= 11 is 0. The molecule has 28 heavy (non-hydrogen) atoms. The van der Waals surface area contributed by atoms with Gasteiger partial charge in [-0.3, -0.25) is 4.79 Å². The second-order valence-corrected chi connectivity index (χ2v) is 6.61. The molecule has 1 aliphatic rings. The average Bonchev–Trinajstić information content (AvgIpc) is 3.20. The molecule has 0 unspecified atom stereocenters. The van der Waals surface area contributed by atoms with Gasteiger partial charge in [-0.15, -0.1) is 0 Å². The highest BCUT2D eigenvalue weighted by atomic mass is 16.7. The molecular weight excluding hydrogens is 354 g/mol. The number of rotatable bonds is 6. The van der Waals surface area contributed by atoms with Crippen LogP contribution in [0.25, 0.3) is 0 Å². The Balaban J connectivity index is 1.40. The molecule has 0 atom stereocenters. The van der Waals surface area contributed by atoms with Crippen LogP contribution in [0, 0.1) is 0 Å². The Hall–Kier alpha value is -3.54. The molecule has 0 bridgehead atoms. The molecule has 0 fully saturated rings. The second kappa shape index (κ2) is 8.00. The van der Waals surface area contributed by atoms with E-state index >= 15 is 0 Å². The van der Waals surface area contributed by atoms with Crippen molar-refractivity contribution < 1.29 is 14.3 Å². The number of hydrogen-bond donors (Lipinski definition) is 1. The van der Waals surface area contributed by atoms with Crippen LogP contribution in [0.2, 0.25) is 0 Å². The zero-order chi connectivity index (χ0) is 19.3. The molecule has 2 aromatic carbocycles. The molecule has 142 valence electrons. The van der Waals surface area contributed by atoms with Gasteiger partial charge in [0, 0.05) is 31.9 Å². The summed E-state index contributed by atoms with van der Waals surface area (Å²) in [5.41, 5.74) is 2.71. The first kappa shape index (κ1) is 17.9. The van der Waals surface area contributed by atoms with E-state index in [0.717, 1.165) is 23.7 Å². The van der Waals surface area contributed by atoms with Crippen molar-refractivity contribution in [2.75, 3.05) is 18.7 Å². The lowest BCUT2D eigenvalue weighted by Gasteiger charge is -2.18. The number of benzene rings is 2. The molecule has 6 nitrogen and oxygen atoms in total. The highest BCUT2D eigenvalue weighted by Crippen LogP contribution is 2.32. The number of carbonyl (C=O) groups is 1. The molecule has 0 saturated carbocycles. The summed E-state index contributed by atoms with van der Waals surface area (Å²) in [5, 5.41) is 2.94. The van der Waals surface area contributed by atoms with Crippen LogP contribution in [0.15, 0.2) is 66.9 Å². The van der Waals surface area contributed by atoms with Crippen molar-refractivity contribution in [3.63, 3.8) is 0 Å². The smallest absolute Gasteiger partial charge is 0.251 e. The lowest BCUT2D eigenvalue weighted by Crippen LogP contribution is -2.24. The topological polar surface area (TPSA) is 63.7 Å². The van der Waals surface area contributed by atoms with Crippen LogP contribution in [0.1, 0.15) is 21.5 Å². The zero-order valence-electron chi connectivity index (χ0n) is 15.6. The number of hydrogen-bond acceptors (Lipinski definition) is 5. The van der Waals surface area contributed by atoms with Crippen LogP contribution < -0.4 is 19.7 Å². The van der Waals surface area contributed by atoms with Gasteiger partial charge in [0.15, 0.2) is 11.5 Å². The van der Waals surface area contributed by atoms with E-state index in [4.69, 9.17) is 9.47 Å². The number of nitrogens with one attached hydrogen (secondary N) is 1. The van der Waals surface area contributed by atoms with Crippen molar-refractivity contribution in [1.29, 1.82) is 0 Å². The van der Waals surface area contributed by atoms with Crippen LogP contribution >= 0.6 is 0 Å². The molecule has 1 aromatic heterocycles. The van der Waals surface area contributed by atoms with Crippen molar-refractivity contribution in [2.24, 2.45) is 0 Å². The van der Waals surface area contributed by atoms with E-state index < -0.39 is 0 Å². The first-order chi connectivity index (χ1) is 13.7. The summed E-state index contributed by atoms with van der Waals surface area (Å²) in [6.45, 7) is 1.37. The molecule has 3 aromatic rings. The van der Waals surface area contributed by atoms with Gasteiger partial charge in [0.25, 0.3) is 5.91 Å². The average molecular weight is 375 g/mol. The van der Waals surface area contributed by atoms with Crippen LogP contribution in [-0.2, 0) is 13.1 Å². The van der Waals surface area contributed by atoms with Crippen LogP contribution in [0.3, 0.4) is 0 Å². The van der Waals surface area contributed by atoms with Crippen LogP contribution in [-0.4, -0.2) is 24.7 Å². The Morgan fingerprint density at radius 2 is 1.86 bits per heavy atom. The van der Waals surface area contributed by atoms with Gasteiger partial charge in [0.1, 0.15) is 5.82 Å². The van der Waals surface area contributed by atoms with E-state index in [9.17, 15) is 4.79 Å². The van der Waals surface area contributed by atoms with Crippen molar-refractivity contribution in [3.8, 4) is 11.5 Å². The molecule has 1 amide bonds. The third-order valence-corrected chi connectivity index (χ3v) is 4.55. The molecule has 2 heterocycles. The molecule has 6 heteroatoms. The van der Waals surface area contributed by atoms with E-state index in [0.29, 0.717) is 17.9 Å². The Labute approximate surface area is 163 Å². The molecule has 0 aliphatic carbocycles. The van der Waals surface area contributed by atoms with Gasteiger partial charge in [0.2, 0.25) is 6.79 Å². The van der Waals surface area contributed by atoms with Crippen molar-refractivity contribution in [3.05, 3.63) is 83.6 Å². The van der Waals surface area contributed by atoms with E-state index in [-0.39, 0.29) is 12.7 Å². The predicted molar refractivity (Wildman–Crippen MR) is 107 cm³/mol. The number of anilines is 1. The SMILES string of the molecule is CN(Cc1ccccc1)c1cc(C(=O)NCc2ccc3c(c2)OCO3)ccn1. The number of fused-ring (bicyclic) bond motifs is 1. The van der Waals surface area contributed by atoms with Gasteiger partial charge in [0.05, 0.1) is 0 Å². The monoisotopic (exact) mass is 375 g/mol. The lowest BCUT2D eigenvalue weighted by atomic mass is 10.2. The highest BCUT2D eigenvalue weighted by Gasteiger charge is 2.14. The minimum Gasteiger partial charge on any atom is -0.454 e. The Morgan fingerprint density at radius 3 is 2.71 bits per heavy atom. The fourth-order valence-corrected chi connectivity index (χ4v) is 3.04. The van der Waals surface area contributed by atoms with Crippen molar-refractivity contribution in [2.45, 2.75) is 13.1 Å². The standard InChI is InChI=1S/C22H21N3O3/c1-25(14-16-5-3-2-4-6-16)21-12-18(9-10-23-21)22(26)24-13-17-7-8-19-20(11-17)28-15-27-19/h2-12H,13-15H2,1H3,(H,24,26). The quantitative estimate of drug-likeness (QED) is 0.716. The Kier molecular flexibility index (Phi) is 5.10. The number of nitrogens with zero attached hydrogens (tertiary/aromatic N) is 2. The summed E-state index contributed by atoms with van der Waals surface area (Å²) in [6.07, 6.45) is 1.66. The van der Waals surface area contributed by atoms with Crippen LogP contribution in [0.5, 0.6) is 11.5 Å². The number of ether oxygens (including phenoxy) is 2. The summed E-state index contributed by atoms with van der Waals surface area (Å²) in [7, 11) is 1.96. The molecule has 4 rings (SSSR count). The van der Waals surface area contributed by atoms with Gasteiger partial charge in [-0.05, 0) is 35.4 Å². The molecule has 0 radical (unpaired) electrons. The van der Waals surface area contributed by atoms with Gasteiger partial charge in [-0.25, -0.2) is 4.98 Å². The predicted octanol–water partition coefficient (Wildman–Crippen LogP) is 3.38. The summed E-state index contributed by atoms with van der Waals surface area (Å²) in [4.78, 5) is 19.0. The highest BCUT2D eigenvalue weighted by molar-refractivity contribution is 5.94. The largest absolute Gasteiger partial charge is 0.454 e. The Morgan fingerprint density at radius 1 is 1.04 bits per heavy atom. The fraction of sp³-hybridized carbons (Fsp3) is 0.182. The van der Waals surface area contributed by atoms with E-state index in [1.54, 1.807) is 18.3 Å². The molecule has 0 spiro atoms.